The van der Waals surface area contributed by atoms with Crippen LogP contribution in [-0.4, -0.2) is 11.9 Å². The molecule has 1 aliphatic heterocycles. The summed E-state index contributed by atoms with van der Waals surface area (Å²) in [6, 6.07) is 0.604. The molecule has 2 nitrogen and oxygen atoms in total. The number of β-lactam (4-membered cyclic amide) rings is 1. The normalized spacial score (nSPS) is 58.7. The van der Waals surface area contributed by atoms with Crippen molar-refractivity contribution in [1.82, 2.24) is 5.32 Å². The molecule has 4 aliphatic rings. The van der Waals surface area contributed by atoms with Crippen molar-refractivity contribution in [3.8, 4) is 0 Å². The van der Waals surface area contributed by atoms with E-state index >= 15 is 0 Å². The largest absolute Gasteiger partial charge is 0.352 e. The van der Waals surface area contributed by atoms with E-state index in [-0.39, 0.29) is 0 Å². The van der Waals surface area contributed by atoms with Crippen molar-refractivity contribution < 1.29 is 4.79 Å². The van der Waals surface area contributed by atoms with Crippen LogP contribution in [0.4, 0.5) is 0 Å². The number of rotatable bonds is 0. The van der Waals surface area contributed by atoms with Gasteiger partial charge >= 0.3 is 0 Å². The van der Waals surface area contributed by atoms with Gasteiger partial charge in [0.15, 0.2) is 0 Å². The van der Waals surface area contributed by atoms with Crippen molar-refractivity contribution in [3.63, 3.8) is 0 Å². The summed E-state index contributed by atoms with van der Waals surface area (Å²) in [5.74, 6) is 4.37. The summed E-state index contributed by atoms with van der Waals surface area (Å²) in [6.45, 7) is 0. The van der Waals surface area contributed by atoms with E-state index in [1.54, 1.807) is 0 Å². The van der Waals surface area contributed by atoms with Crippen LogP contribution in [0.5, 0.6) is 0 Å². The first-order chi connectivity index (χ1) is 6.86. The molecule has 0 aromatic heterocycles. The number of carbonyl (C=O) groups is 1. The van der Waals surface area contributed by atoms with E-state index in [9.17, 15) is 4.79 Å². The lowest BCUT2D eigenvalue weighted by molar-refractivity contribution is -0.141. The number of nitrogens with one attached hydrogen (secondary N) is 1. The van der Waals surface area contributed by atoms with E-state index in [4.69, 9.17) is 0 Å². The van der Waals surface area contributed by atoms with Gasteiger partial charge in [-0.3, -0.25) is 4.79 Å². The van der Waals surface area contributed by atoms with Crippen molar-refractivity contribution in [2.45, 2.75) is 38.1 Å². The van der Waals surface area contributed by atoms with E-state index in [1.807, 2.05) is 0 Å². The molecule has 2 heteroatoms. The quantitative estimate of drug-likeness (QED) is 0.578. The van der Waals surface area contributed by atoms with Gasteiger partial charge in [-0.1, -0.05) is 12.8 Å². The molecule has 0 aromatic rings. The number of fused-ring (bicyclic) bond motifs is 8. The maximum Gasteiger partial charge on any atom is 0.225 e. The van der Waals surface area contributed by atoms with Crippen LogP contribution in [0.15, 0.2) is 0 Å². The van der Waals surface area contributed by atoms with Crippen LogP contribution >= 0.6 is 0 Å². The second-order valence-electron chi connectivity index (χ2n) is 5.74. The highest BCUT2D eigenvalue weighted by atomic mass is 16.2. The van der Waals surface area contributed by atoms with Crippen LogP contribution in [0.1, 0.15) is 32.1 Å². The molecule has 4 rings (SSSR count). The van der Waals surface area contributed by atoms with Gasteiger partial charge in [-0.2, -0.15) is 0 Å². The van der Waals surface area contributed by atoms with Crippen LogP contribution < -0.4 is 5.32 Å². The van der Waals surface area contributed by atoms with Gasteiger partial charge in [0, 0.05) is 6.04 Å². The third-order valence-corrected chi connectivity index (χ3v) is 5.44. The van der Waals surface area contributed by atoms with E-state index in [0.717, 1.165) is 23.7 Å². The zero-order valence-electron chi connectivity index (χ0n) is 8.41. The van der Waals surface area contributed by atoms with Crippen LogP contribution in [0, 0.1) is 29.6 Å². The molecule has 0 aromatic carbocycles. The molecular weight excluding hydrogens is 174 g/mol. The highest BCUT2D eigenvalue weighted by Gasteiger charge is 2.64. The van der Waals surface area contributed by atoms with Gasteiger partial charge in [-0.25, -0.2) is 0 Å². The van der Waals surface area contributed by atoms with Gasteiger partial charge < -0.3 is 5.32 Å². The third-order valence-electron chi connectivity index (χ3n) is 5.44. The molecule has 1 saturated heterocycles. The van der Waals surface area contributed by atoms with Gasteiger partial charge in [0.05, 0.1) is 5.92 Å². The van der Waals surface area contributed by atoms with Gasteiger partial charge in [0.2, 0.25) is 5.91 Å². The van der Waals surface area contributed by atoms with Crippen LogP contribution in [0.3, 0.4) is 0 Å². The van der Waals surface area contributed by atoms with Crippen LogP contribution in [-0.2, 0) is 4.79 Å². The molecule has 1 N–H and O–H groups in total. The number of hydrogen-bond donors (Lipinski definition) is 1. The summed E-state index contributed by atoms with van der Waals surface area (Å²) in [5, 5.41) is 3.13. The van der Waals surface area contributed by atoms with E-state index < -0.39 is 0 Å². The Bertz CT molecular complexity index is 299. The van der Waals surface area contributed by atoms with Gasteiger partial charge in [-0.15, -0.1) is 0 Å². The standard InChI is InChI=1S/C12H17NO/c14-12-10-8-5-9(11(10)13-12)7-4-2-1-3-6(7)8/h6-11H,1-5H2,(H,13,14). The summed E-state index contributed by atoms with van der Waals surface area (Å²) >= 11 is 0. The fourth-order valence-corrected chi connectivity index (χ4v) is 4.99. The molecule has 14 heavy (non-hydrogen) atoms. The SMILES string of the molecule is O=C1NC2C3CC(C4CCCCC43)C12. The Hall–Kier alpha value is -0.530. The van der Waals surface area contributed by atoms with Crippen LogP contribution in [0.25, 0.3) is 0 Å². The van der Waals surface area contributed by atoms with Crippen molar-refractivity contribution >= 4 is 5.91 Å². The lowest BCUT2D eigenvalue weighted by Crippen LogP contribution is -2.63. The smallest absolute Gasteiger partial charge is 0.225 e. The molecule has 0 spiro atoms. The minimum Gasteiger partial charge on any atom is -0.352 e. The molecule has 4 fully saturated rings. The predicted octanol–water partition coefficient (Wildman–Crippen LogP) is 1.56. The molecule has 1 amide bonds. The number of amides is 1. The average molecular weight is 191 g/mol. The Kier molecular flexibility index (Phi) is 1.29. The first kappa shape index (κ1) is 7.72. The van der Waals surface area contributed by atoms with Gasteiger partial charge in [0.25, 0.3) is 0 Å². The maximum atomic E-state index is 11.5. The molecule has 3 saturated carbocycles. The first-order valence-electron chi connectivity index (χ1n) is 6.16. The Labute approximate surface area is 84.4 Å². The average Bonchev–Trinajstić information content (AvgIpc) is 2.68. The molecule has 76 valence electrons. The van der Waals surface area contributed by atoms with E-state index in [1.165, 1.54) is 32.1 Å². The Balaban J connectivity index is 1.69. The summed E-state index contributed by atoms with van der Waals surface area (Å²) in [5.41, 5.74) is 0. The molecule has 3 aliphatic carbocycles. The highest BCUT2D eigenvalue weighted by Crippen LogP contribution is 2.61. The van der Waals surface area contributed by atoms with Crippen LogP contribution in [0.2, 0.25) is 0 Å². The van der Waals surface area contributed by atoms with Gasteiger partial charge in [0.1, 0.15) is 0 Å². The molecule has 2 bridgehead atoms. The Morgan fingerprint density at radius 2 is 1.71 bits per heavy atom. The topological polar surface area (TPSA) is 29.1 Å². The predicted molar refractivity (Wildman–Crippen MR) is 52.5 cm³/mol. The Morgan fingerprint density at radius 3 is 2.43 bits per heavy atom. The fourth-order valence-electron chi connectivity index (χ4n) is 4.99. The second kappa shape index (κ2) is 2.34. The summed E-state index contributed by atoms with van der Waals surface area (Å²) in [4.78, 5) is 11.5. The molecule has 0 radical (unpaired) electrons. The van der Waals surface area contributed by atoms with Crippen molar-refractivity contribution in [2.24, 2.45) is 29.6 Å². The maximum absolute atomic E-state index is 11.5. The van der Waals surface area contributed by atoms with Crippen molar-refractivity contribution in [3.05, 3.63) is 0 Å². The molecule has 6 unspecified atom stereocenters. The highest BCUT2D eigenvalue weighted by molar-refractivity contribution is 5.87. The van der Waals surface area contributed by atoms with Crippen molar-refractivity contribution in [1.29, 1.82) is 0 Å². The third kappa shape index (κ3) is 0.697. The second-order valence-corrected chi connectivity index (χ2v) is 5.74. The minimum atomic E-state index is 0.367. The molecular formula is C12H17NO. The monoisotopic (exact) mass is 191 g/mol. The van der Waals surface area contributed by atoms with E-state index in [2.05, 4.69) is 5.32 Å². The lowest BCUT2D eigenvalue weighted by Gasteiger charge is -2.48. The number of carbonyl (C=O) groups excluding carboxylic acids is 1. The zero-order valence-corrected chi connectivity index (χ0v) is 8.41. The van der Waals surface area contributed by atoms with Gasteiger partial charge in [-0.05, 0) is 42.9 Å². The fraction of sp³-hybridized carbons (Fsp3) is 0.917. The van der Waals surface area contributed by atoms with Crippen molar-refractivity contribution in [2.75, 3.05) is 0 Å². The first-order valence-corrected chi connectivity index (χ1v) is 6.16. The zero-order chi connectivity index (χ0) is 9.28. The van der Waals surface area contributed by atoms with E-state index in [0.29, 0.717) is 17.9 Å². The molecule has 1 heterocycles. The lowest BCUT2D eigenvalue weighted by atomic mass is 9.63. The number of hydrogen-bond acceptors (Lipinski definition) is 1. The summed E-state index contributed by atoms with van der Waals surface area (Å²) < 4.78 is 0. The minimum absolute atomic E-state index is 0.367. The Morgan fingerprint density at radius 1 is 1.00 bits per heavy atom. The summed E-state index contributed by atoms with van der Waals surface area (Å²) in [6.07, 6.45) is 7.09. The summed E-state index contributed by atoms with van der Waals surface area (Å²) in [7, 11) is 0. The molecule has 6 atom stereocenters.